The Balaban J connectivity index is 1.58. The summed E-state index contributed by atoms with van der Waals surface area (Å²) in [6, 6.07) is 11.5. The summed E-state index contributed by atoms with van der Waals surface area (Å²) in [5.74, 6) is 0.208. The Kier molecular flexibility index (Phi) is 7.93. The van der Waals surface area contributed by atoms with Gasteiger partial charge >= 0.3 is 0 Å². The van der Waals surface area contributed by atoms with Crippen LogP contribution < -0.4 is 20.1 Å². The first kappa shape index (κ1) is 24.5. The van der Waals surface area contributed by atoms with Crippen molar-refractivity contribution in [3.05, 3.63) is 53.6 Å². The van der Waals surface area contributed by atoms with Crippen LogP contribution in [0.5, 0.6) is 11.5 Å². The van der Waals surface area contributed by atoms with Gasteiger partial charge in [0.15, 0.2) is 11.5 Å². The molecule has 0 aliphatic carbocycles. The maximum atomic E-state index is 13.1. The van der Waals surface area contributed by atoms with E-state index in [4.69, 9.17) is 9.47 Å². The number of piperidine rings is 1. The maximum absolute atomic E-state index is 13.1. The molecular weight excluding hydrogens is 446 g/mol. The normalized spacial score (nSPS) is 15.0. The summed E-state index contributed by atoms with van der Waals surface area (Å²) < 4.78 is 37.9. The molecule has 2 aromatic rings. The summed E-state index contributed by atoms with van der Waals surface area (Å²) in [5, 5.41) is 5.47. The predicted octanol–water partition coefficient (Wildman–Crippen LogP) is 1.78. The Morgan fingerprint density at radius 2 is 1.73 bits per heavy atom. The van der Waals surface area contributed by atoms with Gasteiger partial charge in [0.05, 0.1) is 19.1 Å². The zero-order chi connectivity index (χ0) is 24.0. The molecular formula is C23H29N3O6S. The van der Waals surface area contributed by atoms with Gasteiger partial charge in [0.25, 0.3) is 5.91 Å². The van der Waals surface area contributed by atoms with Gasteiger partial charge in [-0.15, -0.1) is 0 Å². The van der Waals surface area contributed by atoms with E-state index < -0.39 is 10.0 Å². The highest BCUT2D eigenvalue weighted by Crippen LogP contribution is 2.32. The van der Waals surface area contributed by atoms with Crippen molar-refractivity contribution in [3.8, 4) is 11.5 Å². The summed E-state index contributed by atoms with van der Waals surface area (Å²) in [7, 11) is 0.791. The summed E-state index contributed by atoms with van der Waals surface area (Å²) >= 11 is 0. The topological polar surface area (TPSA) is 114 Å². The molecule has 9 nitrogen and oxygen atoms in total. The molecule has 1 aliphatic rings. The maximum Gasteiger partial charge on any atom is 0.251 e. The molecule has 2 N–H and O–H groups in total. The van der Waals surface area contributed by atoms with Gasteiger partial charge in [0.1, 0.15) is 0 Å². The van der Waals surface area contributed by atoms with E-state index in [0.29, 0.717) is 36.4 Å². The van der Waals surface area contributed by atoms with Crippen molar-refractivity contribution >= 4 is 21.8 Å². The Bertz CT molecular complexity index is 1110. The largest absolute Gasteiger partial charge is 0.493 e. The van der Waals surface area contributed by atoms with Gasteiger partial charge in [0.2, 0.25) is 15.9 Å². The number of ether oxygens (including phenoxy) is 2. The van der Waals surface area contributed by atoms with Gasteiger partial charge in [-0.3, -0.25) is 9.59 Å². The zero-order valence-corrected chi connectivity index (χ0v) is 19.8. The standard InChI is InChI=1S/C23H29N3O6S/c1-24-22(27)18-6-4-5-16(13-18)15-25-23(28)17-9-11-26(12-10-17)33(29,30)19-7-8-20(31-2)21(14-19)32-3/h4-8,13-14,17H,9-12,15H2,1-3H3,(H,24,27)(H,25,28). The summed E-state index contributed by atoms with van der Waals surface area (Å²) in [5.41, 5.74) is 1.34. The minimum Gasteiger partial charge on any atom is -0.493 e. The van der Waals surface area contributed by atoms with Crippen LogP contribution in [0, 0.1) is 5.92 Å². The number of sulfonamides is 1. The number of nitrogens with one attached hydrogen (secondary N) is 2. The molecule has 2 aromatic carbocycles. The molecule has 0 aromatic heterocycles. The van der Waals surface area contributed by atoms with Crippen LogP contribution >= 0.6 is 0 Å². The van der Waals surface area contributed by atoms with Crippen molar-refractivity contribution < 1.29 is 27.5 Å². The van der Waals surface area contributed by atoms with Crippen LogP contribution in [0.15, 0.2) is 47.4 Å². The lowest BCUT2D eigenvalue weighted by Gasteiger charge is -2.30. The molecule has 1 heterocycles. The van der Waals surface area contributed by atoms with Crippen LogP contribution in [0.3, 0.4) is 0 Å². The van der Waals surface area contributed by atoms with Crippen molar-refractivity contribution in [2.45, 2.75) is 24.3 Å². The summed E-state index contributed by atoms with van der Waals surface area (Å²) in [6.45, 7) is 0.801. The first-order valence-electron chi connectivity index (χ1n) is 10.6. The monoisotopic (exact) mass is 475 g/mol. The highest BCUT2D eigenvalue weighted by molar-refractivity contribution is 7.89. The molecule has 1 saturated heterocycles. The molecule has 2 amide bonds. The molecule has 0 radical (unpaired) electrons. The van der Waals surface area contributed by atoms with Gasteiger partial charge in [-0.1, -0.05) is 12.1 Å². The van der Waals surface area contributed by atoms with Gasteiger partial charge in [-0.2, -0.15) is 4.31 Å². The SMILES string of the molecule is CNC(=O)c1cccc(CNC(=O)C2CCN(S(=O)(=O)c3ccc(OC)c(OC)c3)CC2)c1. The van der Waals surface area contributed by atoms with Gasteiger partial charge in [-0.25, -0.2) is 8.42 Å². The highest BCUT2D eigenvalue weighted by atomic mass is 32.2. The van der Waals surface area contributed by atoms with E-state index in [1.807, 2.05) is 6.07 Å². The molecule has 178 valence electrons. The highest BCUT2D eigenvalue weighted by Gasteiger charge is 2.32. The van der Waals surface area contributed by atoms with E-state index in [9.17, 15) is 18.0 Å². The van der Waals surface area contributed by atoms with E-state index in [2.05, 4.69) is 10.6 Å². The second-order valence-electron chi connectivity index (χ2n) is 7.69. The molecule has 0 atom stereocenters. The molecule has 0 spiro atoms. The third-order valence-electron chi connectivity index (χ3n) is 5.70. The second-order valence-corrected chi connectivity index (χ2v) is 9.63. The van der Waals surface area contributed by atoms with Crippen LogP contribution in [0.2, 0.25) is 0 Å². The molecule has 1 fully saturated rings. The fourth-order valence-electron chi connectivity index (χ4n) is 3.78. The van der Waals surface area contributed by atoms with Crippen molar-refractivity contribution in [3.63, 3.8) is 0 Å². The molecule has 10 heteroatoms. The Morgan fingerprint density at radius 3 is 2.36 bits per heavy atom. The average Bonchev–Trinajstić information content (AvgIpc) is 2.86. The van der Waals surface area contributed by atoms with Crippen LogP contribution in [-0.2, 0) is 21.4 Å². The molecule has 33 heavy (non-hydrogen) atoms. The number of amides is 2. The van der Waals surface area contributed by atoms with Gasteiger partial charge in [-0.05, 0) is 42.7 Å². The third kappa shape index (κ3) is 5.63. The number of carbonyl (C=O) groups is 2. The zero-order valence-electron chi connectivity index (χ0n) is 19.0. The molecule has 0 bridgehead atoms. The van der Waals surface area contributed by atoms with Crippen LogP contribution in [0.4, 0.5) is 0 Å². The quantitative estimate of drug-likeness (QED) is 0.602. The lowest BCUT2D eigenvalue weighted by molar-refractivity contribution is -0.126. The number of carbonyl (C=O) groups excluding carboxylic acids is 2. The Labute approximate surface area is 194 Å². The predicted molar refractivity (Wildman–Crippen MR) is 123 cm³/mol. The molecule has 1 aliphatic heterocycles. The lowest BCUT2D eigenvalue weighted by atomic mass is 9.97. The van der Waals surface area contributed by atoms with Crippen molar-refractivity contribution in [2.24, 2.45) is 5.92 Å². The van der Waals surface area contributed by atoms with E-state index >= 15 is 0 Å². The van der Waals surface area contributed by atoms with E-state index in [1.165, 1.54) is 30.7 Å². The molecule has 0 unspecified atom stereocenters. The molecule has 3 rings (SSSR count). The Hall–Kier alpha value is -3.11. The first-order valence-corrected chi connectivity index (χ1v) is 12.0. The van der Waals surface area contributed by atoms with E-state index in [-0.39, 0.29) is 35.7 Å². The first-order chi connectivity index (χ1) is 15.8. The van der Waals surface area contributed by atoms with Gasteiger partial charge < -0.3 is 20.1 Å². The van der Waals surface area contributed by atoms with Crippen molar-refractivity contribution in [1.29, 1.82) is 0 Å². The number of rotatable bonds is 8. The van der Waals surface area contributed by atoms with Crippen LogP contribution in [-0.4, -0.2) is 58.9 Å². The van der Waals surface area contributed by atoms with Crippen LogP contribution in [0.1, 0.15) is 28.8 Å². The Morgan fingerprint density at radius 1 is 1.03 bits per heavy atom. The minimum atomic E-state index is -3.71. The van der Waals surface area contributed by atoms with Crippen LogP contribution in [0.25, 0.3) is 0 Å². The average molecular weight is 476 g/mol. The fourth-order valence-corrected chi connectivity index (χ4v) is 5.27. The fraction of sp³-hybridized carbons (Fsp3) is 0.391. The minimum absolute atomic E-state index is 0.122. The number of hydrogen-bond donors (Lipinski definition) is 2. The van der Waals surface area contributed by atoms with Crippen molar-refractivity contribution in [1.82, 2.24) is 14.9 Å². The molecule has 0 saturated carbocycles. The van der Waals surface area contributed by atoms with E-state index in [1.54, 1.807) is 31.3 Å². The number of benzene rings is 2. The summed E-state index contributed by atoms with van der Waals surface area (Å²) in [6.07, 6.45) is 0.854. The number of nitrogens with zero attached hydrogens (tertiary/aromatic N) is 1. The van der Waals surface area contributed by atoms with E-state index in [0.717, 1.165) is 5.56 Å². The summed E-state index contributed by atoms with van der Waals surface area (Å²) in [4.78, 5) is 24.5. The smallest absolute Gasteiger partial charge is 0.251 e. The lowest BCUT2D eigenvalue weighted by Crippen LogP contribution is -2.42. The van der Waals surface area contributed by atoms with Gasteiger partial charge in [0, 0.05) is 44.2 Å². The number of methoxy groups -OCH3 is 2. The number of hydrogen-bond acceptors (Lipinski definition) is 6. The second kappa shape index (κ2) is 10.7. The third-order valence-corrected chi connectivity index (χ3v) is 7.60. The van der Waals surface area contributed by atoms with Crippen molar-refractivity contribution in [2.75, 3.05) is 34.4 Å².